The normalized spacial score (nSPS) is 16.4. The number of benzene rings is 2. The molecule has 4 nitrogen and oxygen atoms in total. The predicted molar refractivity (Wildman–Crippen MR) is 103 cm³/mol. The second-order valence-corrected chi connectivity index (χ2v) is 6.39. The smallest absolute Gasteiger partial charge is 0.161 e. The standard InChI is InChI=1S/C20H21ClN2O2/c1-5-15-12(2)22-23-20(13-6-8-14(21)9-7-13)17-11-19(25-4)18(24-3)10-16(15)17/h6-11,15H,5H2,1-4H3. The molecule has 1 heterocycles. The van der Waals surface area contributed by atoms with Gasteiger partial charge in [0.15, 0.2) is 11.5 Å². The topological polar surface area (TPSA) is 43.2 Å². The van der Waals surface area contributed by atoms with E-state index in [0.29, 0.717) is 16.5 Å². The van der Waals surface area contributed by atoms with Gasteiger partial charge in [-0.2, -0.15) is 5.10 Å². The summed E-state index contributed by atoms with van der Waals surface area (Å²) in [7, 11) is 3.29. The third kappa shape index (κ3) is 3.27. The Morgan fingerprint density at radius 2 is 1.64 bits per heavy atom. The van der Waals surface area contributed by atoms with E-state index >= 15 is 0 Å². The Morgan fingerprint density at radius 3 is 2.24 bits per heavy atom. The Bertz CT molecular complexity index is 842. The monoisotopic (exact) mass is 356 g/mol. The molecule has 5 heteroatoms. The van der Waals surface area contributed by atoms with Crippen molar-refractivity contribution in [1.29, 1.82) is 0 Å². The Balaban J connectivity index is 2.26. The van der Waals surface area contributed by atoms with E-state index in [4.69, 9.17) is 21.1 Å². The third-order valence-electron chi connectivity index (χ3n) is 4.52. The summed E-state index contributed by atoms with van der Waals surface area (Å²) >= 11 is 6.04. The van der Waals surface area contributed by atoms with Crippen molar-refractivity contribution in [2.75, 3.05) is 14.2 Å². The highest BCUT2D eigenvalue weighted by atomic mass is 35.5. The molecular weight excluding hydrogens is 336 g/mol. The summed E-state index contributed by atoms with van der Waals surface area (Å²) in [4.78, 5) is 0. The van der Waals surface area contributed by atoms with Crippen LogP contribution in [0.25, 0.3) is 0 Å². The van der Waals surface area contributed by atoms with Crippen molar-refractivity contribution in [2.24, 2.45) is 10.2 Å². The van der Waals surface area contributed by atoms with Gasteiger partial charge in [-0.15, -0.1) is 5.10 Å². The number of hydrogen-bond acceptors (Lipinski definition) is 4. The van der Waals surface area contributed by atoms with Crippen LogP contribution in [0.5, 0.6) is 11.5 Å². The molecule has 25 heavy (non-hydrogen) atoms. The van der Waals surface area contributed by atoms with Gasteiger partial charge in [0.2, 0.25) is 0 Å². The highest BCUT2D eigenvalue weighted by molar-refractivity contribution is 6.30. The number of ether oxygens (including phenoxy) is 2. The van der Waals surface area contributed by atoms with E-state index in [1.54, 1.807) is 14.2 Å². The third-order valence-corrected chi connectivity index (χ3v) is 4.78. The van der Waals surface area contributed by atoms with Crippen molar-refractivity contribution in [3.8, 4) is 11.5 Å². The first-order valence-electron chi connectivity index (χ1n) is 8.23. The van der Waals surface area contributed by atoms with E-state index in [9.17, 15) is 0 Å². The average molecular weight is 357 g/mol. The van der Waals surface area contributed by atoms with Gasteiger partial charge in [0.25, 0.3) is 0 Å². The van der Waals surface area contributed by atoms with E-state index in [0.717, 1.165) is 34.5 Å². The first-order chi connectivity index (χ1) is 12.1. The van der Waals surface area contributed by atoms with Crippen LogP contribution in [-0.2, 0) is 0 Å². The van der Waals surface area contributed by atoms with Gasteiger partial charge >= 0.3 is 0 Å². The van der Waals surface area contributed by atoms with Gasteiger partial charge in [-0.05, 0) is 43.2 Å². The lowest BCUT2D eigenvalue weighted by molar-refractivity contribution is 0.354. The first-order valence-corrected chi connectivity index (χ1v) is 8.61. The summed E-state index contributed by atoms with van der Waals surface area (Å²) in [5, 5.41) is 9.70. The molecule has 0 radical (unpaired) electrons. The van der Waals surface area contributed by atoms with Gasteiger partial charge in [0, 0.05) is 27.8 Å². The molecular formula is C20H21ClN2O2. The quantitative estimate of drug-likeness (QED) is 0.766. The summed E-state index contributed by atoms with van der Waals surface area (Å²) in [5.41, 5.74) is 4.91. The largest absolute Gasteiger partial charge is 0.493 e. The fourth-order valence-electron chi connectivity index (χ4n) is 3.20. The van der Waals surface area contributed by atoms with E-state index < -0.39 is 0 Å². The van der Waals surface area contributed by atoms with Gasteiger partial charge in [-0.3, -0.25) is 0 Å². The van der Waals surface area contributed by atoms with Gasteiger partial charge in [0.05, 0.1) is 14.2 Å². The van der Waals surface area contributed by atoms with Crippen molar-refractivity contribution in [1.82, 2.24) is 0 Å². The summed E-state index contributed by atoms with van der Waals surface area (Å²) in [6.07, 6.45) is 0.932. The Labute approximate surface area is 153 Å². The minimum absolute atomic E-state index is 0.184. The van der Waals surface area contributed by atoms with E-state index in [1.165, 1.54) is 0 Å². The van der Waals surface area contributed by atoms with E-state index in [1.807, 2.05) is 43.3 Å². The summed E-state index contributed by atoms with van der Waals surface area (Å²) < 4.78 is 11.0. The van der Waals surface area contributed by atoms with Crippen molar-refractivity contribution in [3.05, 3.63) is 58.1 Å². The van der Waals surface area contributed by atoms with Crippen LogP contribution in [0, 0.1) is 0 Å². The SMILES string of the molecule is CCC1C(C)=NN=C(c2ccc(Cl)cc2)c2cc(OC)c(OC)cc21. The van der Waals surface area contributed by atoms with Crippen molar-refractivity contribution < 1.29 is 9.47 Å². The minimum atomic E-state index is 0.184. The molecule has 2 aromatic carbocycles. The molecule has 2 aromatic rings. The second-order valence-electron chi connectivity index (χ2n) is 5.95. The van der Waals surface area contributed by atoms with Crippen molar-refractivity contribution in [3.63, 3.8) is 0 Å². The molecule has 0 fully saturated rings. The minimum Gasteiger partial charge on any atom is -0.493 e. The number of fused-ring (bicyclic) bond motifs is 1. The number of halogens is 1. The molecule has 0 aliphatic carbocycles. The summed E-state index contributed by atoms with van der Waals surface area (Å²) in [5.74, 6) is 1.57. The molecule has 1 aliphatic rings. The van der Waals surface area contributed by atoms with Crippen LogP contribution in [0.3, 0.4) is 0 Å². The lowest BCUT2D eigenvalue weighted by Crippen LogP contribution is -2.12. The van der Waals surface area contributed by atoms with Crippen LogP contribution >= 0.6 is 11.6 Å². The molecule has 0 aromatic heterocycles. The first kappa shape index (κ1) is 17.5. The fraction of sp³-hybridized carbons (Fsp3) is 0.300. The van der Waals surface area contributed by atoms with Gasteiger partial charge in [-0.1, -0.05) is 30.7 Å². The molecule has 0 saturated carbocycles. The van der Waals surface area contributed by atoms with E-state index in [2.05, 4.69) is 17.1 Å². The van der Waals surface area contributed by atoms with E-state index in [-0.39, 0.29) is 5.92 Å². The molecule has 1 unspecified atom stereocenters. The van der Waals surface area contributed by atoms with Gasteiger partial charge < -0.3 is 9.47 Å². The Hall–Kier alpha value is -2.33. The zero-order chi connectivity index (χ0) is 18.0. The highest BCUT2D eigenvalue weighted by Gasteiger charge is 2.25. The molecule has 0 saturated heterocycles. The molecule has 130 valence electrons. The van der Waals surface area contributed by atoms with Crippen molar-refractivity contribution >= 4 is 23.0 Å². The fourth-order valence-corrected chi connectivity index (χ4v) is 3.33. The Kier molecular flexibility index (Phi) is 5.09. The van der Waals surface area contributed by atoms with Crippen LogP contribution in [0.15, 0.2) is 46.6 Å². The molecule has 0 bridgehead atoms. The number of rotatable bonds is 4. The molecule has 0 spiro atoms. The van der Waals surface area contributed by atoms with Crippen molar-refractivity contribution in [2.45, 2.75) is 26.2 Å². The molecule has 0 amide bonds. The zero-order valence-electron chi connectivity index (χ0n) is 14.8. The summed E-state index contributed by atoms with van der Waals surface area (Å²) in [6, 6.07) is 11.7. The van der Waals surface area contributed by atoms with Gasteiger partial charge in [-0.25, -0.2) is 0 Å². The molecule has 1 aliphatic heterocycles. The molecule has 3 rings (SSSR count). The van der Waals surface area contributed by atoms with Crippen LogP contribution < -0.4 is 9.47 Å². The van der Waals surface area contributed by atoms with Crippen LogP contribution in [0.2, 0.25) is 5.02 Å². The predicted octanol–water partition coefficient (Wildman–Crippen LogP) is 5.08. The number of hydrogen-bond donors (Lipinski definition) is 0. The number of nitrogens with zero attached hydrogens (tertiary/aromatic N) is 2. The lowest BCUT2D eigenvalue weighted by Gasteiger charge is -2.20. The van der Waals surface area contributed by atoms with Gasteiger partial charge in [0.1, 0.15) is 5.71 Å². The highest BCUT2D eigenvalue weighted by Crippen LogP contribution is 2.38. The lowest BCUT2D eigenvalue weighted by atomic mass is 9.86. The zero-order valence-corrected chi connectivity index (χ0v) is 15.6. The second kappa shape index (κ2) is 7.28. The van der Waals surface area contributed by atoms with Crippen LogP contribution in [0.4, 0.5) is 0 Å². The number of methoxy groups -OCH3 is 2. The Morgan fingerprint density at radius 1 is 1.00 bits per heavy atom. The van der Waals surface area contributed by atoms with Crippen LogP contribution in [0.1, 0.15) is 42.9 Å². The average Bonchev–Trinajstić information content (AvgIpc) is 2.76. The maximum atomic E-state index is 6.04. The van der Waals surface area contributed by atoms with Crippen LogP contribution in [-0.4, -0.2) is 25.6 Å². The maximum absolute atomic E-state index is 6.04. The molecule has 1 atom stereocenters. The summed E-state index contributed by atoms with van der Waals surface area (Å²) in [6.45, 7) is 4.17. The maximum Gasteiger partial charge on any atom is 0.161 e. The molecule has 0 N–H and O–H groups in total.